The Bertz CT molecular complexity index is 472. The van der Waals surface area contributed by atoms with Crippen LogP contribution in [0.25, 0.3) is 0 Å². The normalized spacial score (nSPS) is 14.7. The maximum absolute atomic E-state index is 12.6. The Balaban J connectivity index is 2.16. The molecule has 0 atom stereocenters. The van der Waals surface area contributed by atoms with Crippen LogP contribution in [0, 0.1) is 5.92 Å². The lowest BCUT2D eigenvalue weighted by molar-refractivity contribution is 0.0736. The Labute approximate surface area is 118 Å². The van der Waals surface area contributed by atoms with Crippen LogP contribution >= 0.6 is 11.6 Å². The highest BCUT2D eigenvalue weighted by atomic mass is 35.5. The summed E-state index contributed by atoms with van der Waals surface area (Å²) < 4.78 is 0. The summed E-state index contributed by atoms with van der Waals surface area (Å²) in [6.07, 6.45) is 4.62. The van der Waals surface area contributed by atoms with E-state index in [0.29, 0.717) is 28.4 Å². The average molecular weight is 282 g/mol. The minimum atomic E-state index is -0.0232. The van der Waals surface area contributed by atoms with E-state index in [9.17, 15) is 4.79 Å². The first-order chi connectivity index (χ1) is 8.99. The molecular formula is C14H20ClN3O. The van der Waals surface area contributed by atoms with Crippen LogP contribution in [0.4, 0.5) is 5.69 Å². The SMILES string of the molecule is CC(C)CCN(C(=O)c1cc(Cl)ncc1N)C1CC1. The Morgan fingerprint density at radius 1 is 1.58 bits per heavy atom. The molecule has 1 aliphatic carbocycles. The number of anilines is 1. The van der Waals surface area contributed by atoms with Gasteiger partial charge in [-0.05, 0) is 31.2 Å². The topological polar surface area (TPSA) is 59.2 Å². The molecule has 0 aliphatic heterocycles. The van der Waals surface area contributed by atoms with Gasteiger partial charge in [0.15, 0.2) is 0 Å². The molecule has 1 amide bonds. The summed E-state index contributed by atoms with van der Waals surface area (Å²) in [7, 11) is 0. The van der Waals surface area contributed by atoms with E-state index >= 15 is 0 Å². The van der Waals surface area contributed by atoms with E-state index in [-0.39, 0.29) is 5.91 Å². The van der Waals surface area contributed by atoms with Crippen molar-refractivity contribution in [3.05, 3.63) is 23.0 Å². The van der Waals surface area contributed by atoms with Gasteiger partial charge in [0.1, 0.15) is 5.15 Å². The van der Waals surface area contributed by atoms with Gasteiger partial charge in [0.25, 0.3) is 5.91 Å². The number of halogens is 1. The van der Waals surface area contributed by atoms with E-state index < -0.39 is 0 Å². The number of hydrogen-bond donors (Lipinski definition) is 1. The summed E-state index contributed by atoms with van der Waals surface area (Å²) in [5, 5.41) is 0.303. The lowest BCUT2D eigenvalue weighted by atomic mass is 10.1. The largest absolute Gasteiger partial charge is 0.397 e. The molecule has 4 nitrogen and oxygen atoms in total. The molecule has 5 heteroatoms. The predicted molar refractivity (Wildman–Crippen MR) is 77.2 cm³/mol. The highest BCUT2D eigenvalue weighted by Crippen LogP contribution is 2.30. The lowest BCUT2D eigenvalue weighted by Crippen LogP contribution is -2.35. The van der Waals surface area contributed by atoms with Crippen molar-refractivity contribution in [3.63, 3.8) is 0 Å². The predicted octanol–water partition coefficient (Wildman–Crippen LogP) is 2.97. The van der Waals surface area contributed by atoms with Crippen LogP contribution in [0.2, 0.25) is 5.15 Å². The van der Waals surface area contributed by atoms with Gasteiger partial charge in [-0.3, -0.25) is 4.79 Å². The molecule has 1 aliphatic rings. The number of carbonyl (C=O) groups excluding carboxylic acids is 1. The molecule has 104 valence electrons. The van der Waals surface area contributed by atoms with Crippen LogP contribution in [0.5, 0.6) is 0 Å². The van der Waals surface area contributed by atoms with Crippen LogP contribution in [0.1, 0.15) is 43.5 Å². The number of nitrogens with two attached hydrogens (primary N) is 1. The van der Waals surface area contributed by atoms with Crippen LogP contribution in [-0.4, -0.2) is 28.4 Å². The molecule has 0 unspecified atom stereocenters. The molecule has 2 rings (SSSR count). The molecule has 19 heavy (non-hydrogen) atoms. The molecule has 0 aromatic carbocycles. The van der Waals surface area contributed by atoms with Gasteiger partial charge in [0, 0.05) is 12.6 Å². The van der Waals surface area contributed by atoms with E-state index in [1.54, 1.807) is 6.07 Å². The fraction of sp³-hybridized carbons (Fsp3) is 0.571. The van der Waals surface area contributed by atoms with Gasteiger partial charge in [-0.2, -0.15) is 0 Å². The zero-order valence-corrected chi connectivity index (χ0v) is 12.2. The summed E-state index contributed by atoms with van der Waals surface area (Å²) in [6, 6.07) is 1.93. The number of carbonyl (C=O) groups is 1. The second kappa shape index (κ2) is 5.78. The molecule has 0 spiro atoms. The average Bonchev–Trinajstić information content (AvgIpc) is 3.16. The molecule has 0 bridgehead atoms. The Kier molecular flexibility index (Phi) is 4.30. The van der Waals surface area contributed by atoms with Gasteiger partial charge in [0.2, 0.25) is 0 Å². The number of rotatable bonds is 5. The third kappa shape index (κ3) is 3.60. The highest BCUT2D eigenvalue weighted by molar-refractivity contribution is 6.29. The third-order valence-electron chi connectivity index (χ3n) is 3.33. The molecule has 1 heterocycles. The van der Waals surface area contributed by atoms with Gasteiger partial charge < -0.3 is 10.6 Å². The molecule has 1 aromatic heterocycles. The summed E-state index contributed by atoms with van der Waals surface area (Å²) in [5.74, 6) is 0.553. The van der Waals surface area contributed by atoms with Crippen LogP contribution < -0.4 is 5.73 Å². The molecule has 0 saturated heterocycles. The van der Waals surface area contributed by atoms with Crippen molar-refractivity contribution in [1.29, 1.82) is 0 Å². The summed E-state index contributed by atoms with van der Waals surface area (Å²) in [5.41, 5.74) is 6.70. The zero-order valence-electron chi connectivity index (χ0n) is 11.4. The lowest BCUT2D eigenvalue weighted by Gasteiger charge is -2.24. The minimum absolute atomic E-state index is 0.0232. The summed E-state index contributed by atoms with van der Waals surface area (Å²) >= 11 is 5.85. The van der Waals surface area contributed by atoms with E-state index in [4.69, 9.17) is 17.3 Å². The second-order valence-electron chi connectivity index (χ2n) is 5.51. The van der Waals surface area contributed by atoms with Crippen molar-refractivity contribution in [1.82, 2.24) is 9.88 Å². The standard InChI is InChI=1S/C14H20ClN3O/c1-9(2)5-6-18(10-3-4-10)14(19)11-7-13(15)17-8-12(11)16/h7-10H,3-6,16H2,1-2H3. The van der Waals surface area contributed by atoms with Crippen molar-refractivity contribution < 1.29 is 4.79 Å². The molecular weight excluding hydrogens is 262 g/mol. The Morgan fingerprint density at radius 3 is 2.84 bits per heavy atom. The van der Waals surface area contributed by atoms with Crippen LogP contribution in [-0.2, 0) is 0 Å². The molecule has 1 saturated carbocycles. The number of pyridine rings is 1. The molecule has 1 fully saturated rings. The van der Waals surface area contributed by atoms with Gasteiger partial charge in [-0.1, -0.05) is 25.4 Å². The Hall–Kier alpha value is -1.29. The quantitative estimate of drug-likeness (QED) is 0.844. The maximum atomic E-state index is 12.6. The van der Waals surface area contributed by atoms with E-state index in [1.807, 2.05) is 4.90 Å². The Morgan fingerprint density at radius 2 is 2.26 bits per heavy atom. The van der Waals surface area contributed by atoms with Crippen molar-refractivity contribution in [3.8, 4) is 0 Å². The molecule has 2 N–H and O–H groups in total. The first kappa shape index (κ1) is 14.1. The monoisotopic (exact) mass is 281 g/mol. The number of nitrogens with zero attached hydrogens (tertiary/aromatic N) is 2. The van der Waals surface area contributed by atoms with E-state index in [2.05, 4.69) is 18.8 Å². The van der Waals surface area contributed by atoms with E-state index in [0.717, 1.165) is 25.8 Å². The fourth-order valence-electron chi connectivity index (χ4n) is 2.01. The zero-order chi connectivity index (χ0) is 14.0. The third-order valence-corrected chi connectivity index (χ3v) is 3.53. The number of amides is 1. The summed E-state index contributed by atoms with van der Waals surface area (Å²) in [4.78, 5) is 18.4. The highest BCUT2D eigenvalue weighted by Gasteiger charge is 2.33. The second-order valence-corrected chi connectivity index (χ2v) is 5.89. The first-order valence-electron chi connectivity index (χ1n) is 6.71. The minimum Gasteiger partial charge on any atom is -0.397 e. The van der Waals surface area contributed by atoms with Gasteiger partial charge in [0.05, 0.1) is 17.4 Å². The molecule has 1 aromatic rings. The fourth-order valence-corrected chi connectivity index (χ4v) is 2.17. The van der Waals surface area contributed by atoms with Crippen molar-refractivity contribution in [2.45, 2.75) is 39.2 Å². The van der Waals surface area contributed by atoms with Crippen LogP contribution in [0.3, 0.4) is 0 Å². The first-order valence-corrected chi connectivity index (χ1v) is 7.09. The number of aromatic nitrogens is 1. The van der Waals surface area contributed by atoms with Crippen LogP contribution in [0.15, 0.2) is 12.3 Å². The van der Waals surface area contributed by atoms with Gasteiger partial charge in [-0.15, -0.1) is 0 Å². The van der Waals surface area contributed by atoms with Gasteiger partial charge >= 0.3 is 0 Å². The summed E-state index contributed by atoms with van der Waals surface area (Å²) in [6.45, 7) is 5.10. The number of nitrogen functional groups attached to an aromatic ring is 1. The smallest absolute Gasteiger partial charge is 0.256 e. The van der Waals surface area contributed by atoms with Crippen molar-refractivity contribution >= 4 is 23.2 Å². The molecule has 0 radical (unpaired) electrons. The van der Waals surface area contributed by atoms with Crippen molar-refractivity contribution in [2.24, 2.45) is 5.92 Å². The van der Waals surface area contributed by atoms with E-state index in [1.165, 1.54) is 6.20 Å². The number of hydrogen-bond acceptors (Lipinski definition) is 3. The van der Waals surface area contributed by atoms with Crippen molar-refractivity contribution in [2.75, 3.05) is 12.3 Å². The van der Waals surface area contributed by atoms with Gasteiger partial charge in [-0.25, -0.2) is 4.98 Å². The maximum Gasteiger partial charge on any atom is 0.256 e.